The second-order valence-corrected chi connectivity index (χ2v) is 8.63. The molecule has 1 fully saturated rings. The standard InChI is InChI=1S/C24H28ClN5O2/c1-2-23(31)27-11-13-29-12-3-4-19(29)16-30-24(32)20-9-10-26-15-21(20)22(28-30)14-17-5-7-18(25)8-6-17/h5-10,15,19H,2-4,11-14,16H2,1H3,(H,27,31)/t19-/m1/s1. The van der Waals surface area contributed by atoms with Crippen molar-refractivity contribution < 1.29 is 4.79 Å². The number of rotatable bonds is 8. The molecule has 1 aliphatic heterocycles. The highest BCUT2D eigenvalue weighted by atomic mass is 35.5. The van der Waals surface area contributed by atoms with Crippen molar-refractivity contribution in [1.29, 1.82) is 0 Å². The van der Waals surface area contributed by atoms with E-state index in [-0.39, 0.29) is 17.5 Å². The molecule has 32 heavy (non-hydrogen) atoms. The van der Waals surface area contributed by atoms with Crippen molar-refractivity contribution in [3.05, 3.63) is 69.4 Å². The largest absolute Gasteiger partial charge is 0.355 e. The van der Waals surface area contributed by atoms with Crippen LogP contribution in [0.1, 0.15) is 37.4 Å². The number of benzene rings is 1. The summed E-state index contributed by atoms with van der Waals surface area (Å²) >= 11 is 6.03. The average molecular weight is 454 g/mol. The van der Waals surface area contributed by atoms with Crippen LogP contribution in [0.2, 0.25) is 5.02 Å². The SMILES string of the molecule is CCC(=O)NCCN1CCC[C@@H]1Cn1nc(Cc2ccc(Cl)cc2)c2cnccc2c1=O. The molecule has 4 rings (SSSR count). The van der Waals surface area contributed by atoms with Gasteiger partial charge in [-0.1, -0.05) is 30.7 Å². The third kappa shape index (κ3) is 5.16. The molecule has 2 aromatic heterocycles. The lowest BCUT2D eigenvalue weighted by Gasteiger charge is -2.25. The highest BCUT2D eigenvalue weighted by Crippen LogP contribution is 2.20. The van der Waals surface area contributed by atoms with E-state index in [0.29, 0.717) is 36.3 Å². The van der Waals surface area contributed by atoms with Gasteiger partial charge in [0.05, 0.1) is 17.6 Å². The average Bonchev–Trinajstić information content (AvgIpc) is 3.25. The van der Waals surface area contributed by atoms with E-state index in [0.717, 1.165) is 42.6 Å². The van der Waals surface area contributed by atoms with Gasteiger partial charge >= 0.3 is 0 Å². The van der Waals surface area contributed by atoms with E-state index < -0.39 is 0 Å². The summed E-state index contributed by atoms with van der Waals surface area (Å²) in [6.07, 6.45) is 6.55. The quantitative estimate of drug-likeness (QED) is 0.567. The third-order valence-electron chi connectivity index (χ3n) is 6.05. The van der Waals surface area contributed by atoms with E-state index >= 15 is 0 Å². The first-order chi connectivity index (χ1) is 15.5. The Balaban J connectivity index is 1.58. The minimum Gasteiger partial charge on any atom is -0.355 e. The number of halogens is 1. The Labute approximate surface area is 192 Å². The predicted molar refractivity (Wildman–Crippen MR) is 126 cm³/mol. The number of carbonyl (C=O) groups is 1. The number of hydrogen-bond acceptors (Lipinski definition) is 5. The molecule has 0 unspecified atom stereocenters. The Hall–Kier alpha value is -2.77. The van der Waals surface area contributed by atoms with Gasteiger partial charge in [-0.2, -0.15) is 5.10 Å². The van der Waals surface area contributed by atoms with Gasteiger partial charge in [-0.25, -0.2) is 4.68 Å². The van der Waals surface area contributed by atoms with Crippen molar-refractivity contribution in [3.63, 3.8) is 0 Å². The Morgan fingerprint density at radius 1 is 1.22 bits per heavy atom. The van der Waals surface area contributed by atoms with Gasteiger partial charge in [-0.15, -0.1) is 0 Å². The number of amides is 1. The van der Waals surface area contributed by atoms with E-state index in [4.69, 9.17) is 16.7 Å². The highest BCUT2D eigenvalue weighted by Gasteiger charge is 2.26. The molecular weight excluding hydrogens is 426 g/mol. The van der Waals surface area contributed by atoms with Crippen molar-refractivity contribution in [3.8, 4) is 0 Å². The Kier molecular flexibility index (Phi) is 7.17. The van der Waals surface area contributed by atoms with Crippen LogP contribution in [0.15, 0.2) is 47.5 Å². The predicted octanol–water partition coefficient (Wildman–Crippen LogP) is 3.03. The number of nitrogens with one attached hydrogen (secondary N) is 1. The van der Waals surface area contributed by atoms with E-state index in [1.54, 1.807) is 23.1 Å². The molecule has 0 spiro atoms. The minimum absolute atomic E-state index is 0.0635. The van der Waals surface area contributed by atoms with Crippen molar-refractivity contribution in [1.82, 2.24) is 25.0 Å². The Bertz CT molecular complexity index is 1150. The summed E-state index contributed by atoms with van der Waals surface area (Å²) in [6, 6.07) is 9.67. The molecule has 3 heterocycles. The number of nitrogens with zero attached hydrogens (tertiary/aromatic N) is 4. The van der Waals surface area contributed by atoms with Gasteiger partial charge in [0.2, 0.25) is 5.91 Å². The molecule has 1 amide bonds. The Morgan fingerprint density at radius 2 is 2.03 bits per heavy atom. The highest BCUT2D eigenvalue weighted by molar-refractivity contribution is 6.30. The van der Waals surface area contributed by atoms with Crippen molar-refractivity contribution in [2.24, 2.45) is 0 Å². The molecule has 7 nitrogen and oxygen atoms in total. The topological polar surface area (TPSA) is 80.1 Å². The summed E-state index contributed by atoms with van der Waals surface area (Å²) in [5, 5.41) is 9.82. The van der Waals surface area contributed by atoms with Crippen LogP contribution in [0.25, 0.3) is 10.8 Å². The van der Waals surface area contributed by atoms with Crippen molar-refractivity contribution in [2.75, 3.05) is 19.6 Å². The number of pyridine rings is 1. The summed E-state index contributed by atoms with van der Waals surface area (Å²) in [7, 11) is 0. The fourth-order valence-electron chi connectivity index (χ4n) is 4.30. The monoisotopic (exact) mass is 453 g/mol. The van der Waals surface area contributed by atoms with E-state index in [1.165, 1.54) is 0 Å². The lowest BCUT2D eigenvalue weighted by molar-refractivity contribution is -0.120. The number of hydrogen-bond donors (Lipinski definition) is 1. The first kappa shape index (κ1) is 22.4. The first-order valence-electron chi connectivity index (χ1n) is 11.1. The minimum atomic E-state index is -0.0895. The van der Waals surface area contributed by atoms with E-state index in [9.17, 15) is 9.59 Å². The summed E-state index contributed by atoms with van der Waals surface area (Å²) in [5.41, 5.74) is 1.81. The zero-order chi connectivity index (χ0) is 22.5. The van der Waals surface area contributed by atoms with Crippen LogP contribution in [0, 0.1) is 0 Å². The Morgan fingerprint density at radius 3 is 2.81 bits per heavy atom. The molecule has 168 valence electrons. The summed E-state index contributed by atoms with van der Waals surface area (Å²) < 4.78 is 1.61. The zero-order valence-corrected chi connectivity index (χ0v) is 19.0. The fraction of sp³-hybridized carbons (Fsp3) is 0.417. The maximum Gasteiger partial charge on any atom is 0.274 e. The molecule has 3 aromatic rings. The fourth-order valence-corrected chi connectivity index (χ4v) is 4.43. The van der Waals surface area contributed by atoms with Crippen LogP contribution in [-0.2, 0) is 17.8 Å². The van der Waals surface area contributed by atoms with Crippen LogP contribution in [0.3, 0.4) is 0 Å². The van der Waals surface area contributed by atoms with Gasteiger partial charge in [0, 0.05) is 54.8 Å². The summed E-state index contributed by atoms with van der Waals surface area (Å²) in [6.45, 7) is 4.75. The molecule has 1 N–H and O–H groups in total. The molecule has 0 saturated carbocycles. The lowest BCUT2D eigenvalue weighted by Crippen LogP contribution is -2.41. The maximum atomic E-state index is 13.2. The van der Waals surface area contributed by atoms with Crippen molar-refractivity contribution >= 4 is 28.3 Å². The van der Waals surface area contributed by atoms with Crippen LogP contribution >= 0.6 is 11.6 Å². The van der Waals surface area contributed by atoms with Gasteiger partial charge in [0.25, 0.3) is 5.56 Å². The molecule has 1 saturated heterocycles. The summed E-state index contributed by atoms with van der Waals surface area (Å²) in [4.78, 5) is 31.3. The van der Waals surface area contributed by atoms with E-state index in [2.05, 4.69) is 15.2 Å². The number of carbonyl (C=O) groups excluding carboxylic acids is 1. The smallest absolute Gasteiger partial charge is 0.274 e. The summed E-state index contributed by atoms with van der Waals surface area (Å²) in [5.74, 6) is 0.0635. The lowest BCUT2D eigenvalue weighted by atomic mass is 10.1. The molecular formula is C24H28ClN5O2. The van der Waals surface area contributed by atoms with Crippen LogP contribution in [-0.4, -0.2) is 51.2 Å². The molecule has 1 aliphatic rings. The number of aromatic nitrogens is 3. The van der Waals surface area contributed by atoms with Crippen molar-refractivity contribution in [2.45, 2.75) is 45.2 Å². The molecule has 1 aromatic carbocycles. The molecule has 0 aliphatic carbocycles. The van der Waals surface area contributed by atoms with Gasteiger partial charge in [-0.05, 0) is 43.1 Å². The third-order valence-corrected chi connectivity index (χ3v) is 6.30. The van der Waals surface area contributed by atoms with Crippen LogP contribution in [0.4, 0.5) is 0 Å². The second-order valence-electron chi connectivity index (χ2n) is 8.19. The normalized spacial score (nSPS) is 16.5. The van der Waals surface area contributed by atoms with Gasteiger partial charge in [-0.3, -0.25) is 19.5 Å². The van der Waals surface area contributed by atoms with Gasteiger partial charge < -0.3 is 5.32 Å². The van der Waals surface area contributed by atoms with Gasteiger partial charge in [0.15, 0.2) is 0 Å². The van der Waals surface area contributed by atoms with Gasteiger partial charge in [0.1, 0.15) is 0 Å². The van der Waals surface area contributed by atoms with Crippen LogP contribution < -0.4 is 10.9 Å². The zero-order valence-electron chi connectivity index (χ0n) is 18.3. The molecule has 1 atom stereocenters. The van der Waals surface area contributed by atoms with Crippen LogP contribution in [0.5, 0.6) is 0 Å². The maximum absolute atomic E-state index is 13.2. The first-order valence-corrected chi connectivity index (χ1v) is 11.5. The number of fused-ring (bicyclic) bond motifs is 1. The van der Waals surface area contributed by atoms with E-state index in [1.807, 2.05) is 31.2 Å². The molecule has 0 radical (unpaired) electrons. The molecule has 8 heteroatoms. The number of likely N-dealkylation sites (tertiary alicyclic amines) is 1. The second kappa shape index (κ2) is 10.2. The molecule has 0 bridgehead atoms.